The summed E-state index contributed by atoms with van der Waals surface area (Å²) in [6.07, 6.45) is 0. The third-order valence-electron chi connectivity index (χ3n) is 6.09. The average Bonchev–Trinajstić information content (AvgIpc) is 3.00. The number of carbonyl (C=O) groups excluding carboxylic acids is 2. The molecule has 1 N–H and O–H groups in total. The highest BCUT2D eigenvalue weighted by Crippen LogP contribution is 2.42. The molecule has 4 nitrogen and oxygen atoms in total. The van der Waals surface area contributed by atoms with Crippen molar-refractivity contribution >= 4 is 40.9 Å². The van der Waals surface area contributed by atoms with Crippen LogP contribution in [0.5, 0.6) is 0 Å². The molecular weight excluding hydrogens is 495 g/mol. The van der Waals surface area contributed by atoms with Gasteiger partial charge in [0, 0.05) is 20.4 Å². The summed E-state index contributed by atoms with van der Waals surface area (Å²) in [7, 11) is 0. The molecule has 1 aliphatic heterocycles. The predicted octanol–water partition coefficient (Wildman–Crippen LogP) is 7.28. The van der Waals surface area contributed by atoms with E-state index in [1.165, 1.54) is 23.9 Å². The van der Waals surface area contributed by atoms with E-state index in [0.29, 0.717) is 22.4 Å². The number of hydrogen-bond donors (Lipinski definition) is 1. The smallest absolute Gasteiger partial charge is 0.259 e. The number of rotatable bonds is 5. The first kappa shape index (κ1) is 24.1. The maximum Gasteiger partial charge on any atom is 0.259 e. The van der Waals surface area contributed by atoms with E-state index >= 15 is 0 Å². The van der Waals surface area contributed by atoms with Gasteiger partial charge in [-0.3, -0.25) is 9.59 Å². The largest absolute Gasteiger partial charge is 0.346 e. The van der Waals surface area contributed by atoms with E-state index in [-0.39, 0.29) is 29.4 Å². The van der Waals surface area contributed by atoms with Crippen LogP contribution in [0.1, 0.15) is 44.8 Å². The molecule has 0 aromatic heterocycles. The van der Waals surface area contributed by atoms with Crippen molar-refractivity contribution in [3.63, 3.8) is 0 Å². The third-order valence-corrected chi connectivity index (χ3v) is 7.58. The lowest BCUT2D eigenvalue weighted by atomic mass is 10.1. The van der Waals surface area contributed by atoms with Gasteiger partial charge in [-0.2, -0.15) is 0 Å². The second-order valence-corrected chi connectivity index (χ2v) is 10.0. The molecule has 7 heteroatoms. The molecule has 0 fully saturated rings. The van der Waals surface area contributed by atoms with E-state index in [4.69, 9.17) is 11.6 Å². The van der Waals surface area contributed by atoms with E-state index < -0.39 is 5.82 Å². The maximum atomic E-state index is 13.7. The summed E-state index contributed by atoms with van der Waals surface area (Å²) < 4.78 is 13.7. The van der Waals surface area contributed by atoms with Crippen LogP contribution in [0.2, 0.25) is 5.02 Å². The molecule has 2 amide bonds. The average molecular weight is 517 g/mol. The highest BCUT2D eigenvalue weighted by molar-refractivity contribution is 7.99. The summed E-state index contributed by atoms with van der Waals surface area (Å²) in [5.41, 5.74) is 3.19. The number of fused-ring (bicyclic) bond motifs is 2. The Labute approximate surface area is 218 Å². The molecule has 36 heavy (non-hydrogen) atoms. The minimum Gasteiger partial charge on any atom is -0.346 e. The van der Waals surface area contributed by atoms with E-state index in [1.54, 1.807) is 29.2 Å². The lowest BCUT2D eigenvalue weighted by molar-refractivity contribution is 0.0937. The van der Waals surface area contributed by atoms with Gasteiger partial charge in [0.05, 0.1) is 23.8 Å². The minimum absolute atomic E-state index is 0.130. The predicted molar refractivity (Wildman–Crippen MR) is 141 cm³/mol. The molecule has 5 rings (SSSR count). The van der Waals surface area contributed by atoms with Crippen LogP contribution in [0.4, 0.5) is 10.1 Å². The summed E-state index contributed by atoms with van der Waals surface area (Å²) in [5.74, 6) is -0.903. The van der Waals surface area contributed by atoms with Crippen LogP contribution in [0, 0.1) is 5.82 Å². The minimum atomic E-state index is -0.446. The van der Waals surface area contributed by atoms with Gasteiger partial charge in [0.25, 0.3) is 11.8 Å². The number of nitrogens with zero attached hydrogens (tertiary/aromatic N) is 1. The second-order valence-electron chi connectivity index (χ2n) is 8.51. The number of hydrogen-bond acceptors (Lipinski definition) is 3. The number of amides is 2. The number of halogens is 2. The van der Waals surface area contributed by atoms with Crippen LogP contribution < -0.4 is 10.2 Å². The molecule has 4 aromatic carbocycles. The van der Waals surface area contributed by atoms with Crippen molar-refractivity contribution in [2.75, 3.05) is 4.90 Å². The lowest BCUT2D eigenvalue weighted by Crippen LogP contribution is -2.31. The van der Waals surface area contributed by atoms with E-state index in [9.17, 15) is 14.0 Å². The Bertz CT molecular complexity index is 1460. The quantitative estimate of drug-likeness (QED) is 0.303. The molecule has 1 heterocycles. The molecule has 1 aliphatic rings. The second kappa shape index (κ2) is 10.2. The van der Waals surface area contributed by atoms with Crippen LogP contribution in [0.3, 0.4) is 0 Å². The van der Waals surface area contributed by atoms with Gasteiger partial charge in [-0.05, 0) is 60.5 Å². The van der Waals surface area contributed by atoms with E-state index in [2.05, 4.69) is 5.32 Å². The molecule has 0 spiro atoms. The van der Waals surface area contributed by atoms with Gasteiger partial charge < -0.3 is 10.2 Å². The molecule has 0 aliphatic carbocycles. The van der Waals surface area contributed by atoms with Crippen molar-refractivity contribution in [3.05, 3.63) is 124 Å². The molecule has 0 saturated heterocycles. The summed E-state index contributed by atoms with van der Waals surface area (Å²) in [5, 5.41) is 3.27. The molecule has 0 unspecified atom stereocenters. The maximum absolute atomic E-state index is 13.7. The van der Waals surface area contributed by atoms with Crippen molar-refractivity contribution in [2.24, 2.45) is 0 Å². The van der Waals surface area contributed by atoms with Crippen molar-refractivity contribution in [1.29, 1.82) is 0 Å². The highest BCUT2D eigenvalue weighted by atomic mass is 35.5. The number of benzene rings is 4. The zero-order chi connectivity index (χ0) is 25.2. The zero-order valence-electron chi connectivity index (χ0n) is 19.4. The SMILES string of the molecule is C[C@@H](NC(=O)c1ccc2c(c1)N(Cc1ccc(F)cc1Cl)C(=O)c1ccccc1S2)c1ccccc1. The Hall–Kier alpha value is -3.61. The van der Waals surface area contributed by atoms with Crippen molar-refractivity contribution < 1.29 is 14.0 Å². The number of nitrogens with one attached hydrogen (secondary N) is 1. The van der Waals surface area contributed by atoms with Gasteiger partial charge in [-0.25, -0.2) is 4.39 Å². The molecule has 0 saturated carbocycles. The van der Waals surface area contributed by atoms with Crippen LogP contribution in [0.15, 0.2) is 101 Å². The van der Waals surface area contributed by atoms with Gasteiger partial charge in [-0.15, -0.1) is 0 Å². The van der Waals surface area contributed by atoms with E-state index in [1.807, 2.05) is 61.5 Å². The van der Waals surface area contributed by atoms with E-state index in [0.717, 1.165) is 15.4 Å². The molecule has 180 valence electrons. The van der Waals surface area contributed by atoms with Crippen LogP contribution in [-0.4, -0.2) is 11.8 Å². The Morgan fingerprint density at radius 3 is 2.50 bits per heavy atom. The Balaban J connectivity index is 1.53. The van der Waals surface area contributed by atoms with Crippen LogP contribution in [-0.2, 0) is 6.54 Å². The fourth-order valence-corrected chi connectivity index (χ4v) is 5.43. The highest BCUT2D eigenvalue weighted by Gasteiger charge is 2.29. The van der Waals surface area contributed by atoms with Crippen LogP contribution >= 0.6 is 23.4 Å². The third kappa shape index (κ3) is 4.87. The summed E-state index contributed by atoms with van der Waals surface area (Å²) >= 11 is 7.79. The van der Waals surface area contributed by atoms with Gasteiger partial charge in [0.1, 0.15) is 5.82 Å². The fraction of sp³-hybridized carbons (Fsp3) is 0.103. The normalized spacial score (nSPS) is 13.4. The van der Waals surface area contributed by atoms with Gasteiger partial charge in [-0.1, -0.05) is 71.9 Å². The van der Waals surface area contributed by atoms with Crippen molar-refractivity contribution in [3.8, 4) is 0 Å². The van der Waals surface area contributed by atoms with Crippen molar-refractivity contribution in [1.82, 2.24) is 5.32 Å². The monoisotopic (exact) mass is 516 g/mol. The molecule has 1 atom stereocenters. The fourth-order valence-electron chi connectivity index (χ4n) is 4.14. The first-order valence-electron chi connectivity index (χ1n) is 11.4. The van der Waals surface area contributed by atoms with Gasteiger partial charge in [0.15, 0.2) is 0 Å². The first-order chi connectivity index (χ1) is 17.4. The molecular formula is C29H22ClFN2O2S. The Morgan fingerprint density at radius 2 is 1.72 bits per heavy atom. The van der Waals surface area contributed by atoms with Gasteiger partial charge >= 0.3 is 0 Å². The lowest BCUT2D eigenvalue weighted by Gasteiger charge is -2.24. The summed E-state index contributed by atoms with van der Waals surface area (Å²) in [4.78, 5) is 30.2. The Kier molecular flexibility index (Phi) is 6.81. The molecule has 4 aromatic rings. The number of anilines is 1. The van der Waals surface area contributed by atoms with Crippen LogP contribution in [0.25, 0.3) is 0 Å². The van der Waals surface area contributed by atoms with Crippen molar-refractivity contribution in [2.45, 2.75) is 29.3 Å². The number of carbonyl (C=O) groups is 2. The standard InChI is InChI=1S/C29H22ClFN2O2S/c1-18(19-7-3-2-4-8-19)32-28(34)20-12-14-27-25(15-20)33(17-21-11-13-22(31)16-24(21)30)29(35)23-9-5-6-10-26(23)36-27/h2-16,18H,17H2,1H3,(H,32,34)/t18-/m1/s1. The zero-order valence-corrected chi connectivity index (χ0v) is 20.9. The molecule has 0 radical (unpaired) electrons. The topological polar surface area (TPSA) is 49.4 Å². The summed E-state index contributed by atoms with van der Waals surface area (Å²) in [6.45, 7) is 2.06. The van der Waals surface area contributed by atoms with Gasteiger partial charge in [0.2, 0.25) is 0 Å². The Morgan fingerprint density at radius 1 is 0.972 bits per heavy atom. The summed E-state index contributed by atoms with van der Waals surface area (Å²) in [6, 6.07) is 26.4. The first-order valence-corrected chi connectivity index (χ1v) is 12.6. The molecule has 0 bridgehead atoms.